The highest BCUT2D eigenvalue weighted by Crippen LogP contribution is 2.38. The van der Waals surface area contributed by atoms with Crippen LogP contribution in [-0.4, -0.2) is 47.9 Å². The van der Waals surface area contributed by atoms with Crippen LogP contribution in [0, 0.1) is 0 Å². The molecule has 8 heteroatoms. The van der Waals surface area contributed by atoms with E-state index >= 15 is 0 Å². The van der Waals surface area contributed by atoms with Crippen molar-refractivity contribution in [3.8, 4) is 34.5 Å². The number of phenolic OH excluding ortho intramolecular Hbond substituents is 6. The zero-order valence-electron chi connectivity index (χ0n) is 13.9. The quantitative estimate of drug-likeness (QED) is 0.341. The van der Waals surface area contributed by atoms with E-state index in [-0.39, 0.29) is 5.78 Å². The molecule has 1 heterocycles. The maximum Gasteiger partial charge on any atom is 0.200 e. The molecule has 3 rings (SSSR count). The van der Waals surface area contributed by atoms with Crippen LogP contribution in [0.15, 0.2) is 35.4 Å². The summed E-state index contributed by atoms with van der Waals surface area (Å²) in [6.45, 7) is 0. The molecule has 7 nitrogen and oxygen atoms in total. The van der Waals surface area contributed by atoms with Crippen molar-refractivity contribution >= 4 is 29.7 Å². The van der Waals surface area contributed by atoms with Crippen molar-refractivity contribution in [1.29, 1.82) is 0 Å². The van der Waals surface area contributed by atoms with Crippen molar-refractivity contribution in [2.45, 2.75) is 0 Å². The van der Waals surface area contributed by atoms with Gasteiger partial charge in [0.1, 0.15) is 0 Å². The van der Waals surface area contributed by atoms with Crippen molar-refractivity contribution < 1.29 is 35.4 Å². The van der Waals surface area contributed by atoms with Crippen molar-refractivity contribution in [2.75, 3.05) is 11.5 Å². The number of hydrogen-bond acceptors (Lipinski definition) is 8. The summed E-state index contributed by atoms with van der Waals surface area (Å²) in [5, 5.41) is 57.2. The third-order valence-corrected chi connectivity index (χ3v) is 4.99. The van der Waals surface area contributed by atoms with E-state index in [9.17, 15) is 35.4 Å². The monoisotopic (exact) mass is 388 g/mol. The molecular formula is C19H16O7S. The largest absolute Gasteiger partial charge is 0.504 e. The number of carbonyl (C=O) groups is 1. The van der Waals surface area contributed by atoms with E-state index in [4.69, 9.17) is 0 Å². The molecule has 140 valence electrons. The van der Waals surface area contributed by atoms with E-state index in [0.717, 1.165) is 0 Å². The van der Waals surface area contributed by atoms with E-state index in [1.54, 1.807) is 0 Å². The fourth-order valence-corrected chi connectivity index (χ4v) is 3.61. The molecule has 0 bridgehead atoms. The maximum absolute atomic E-state index is 12.7. The van der Waals surface area contributed by atoms with E-state index in [0.29, 0.717) is 33.8 Å². The second-order valence-electron chi connectivity index (χ2n) is 5.98. The summed E-state index contributed by atoms with van der Waals surface area (Å²) >= 11 is 1.47. The Bertz CT molecular complexity index is 868. The zero-order valence-corrected chi connectivity index (χ0v) is 14.7. The predicted octanol–water partition coefficient (Wildman–Crippen LogP) is 2.70. The summed E-state index contributed by atoms with van der Waals surface area (Å²) in [7, 11) is 0. The van der Waals surface area contributed by atoms with Crippen LogP contribution in [0.1, 0.15) is 11.1 Å². The Kier molecular flexibility index (Phi) is 4.91. The predicted molar refractivity (Wildman–Crippen MR) is 101 cm³/mol. The lowest BCUT2D eigenvalue weighted by atomic mass is 10.00. The van der Waals surface area contributed by atoms with Crippen LogP contribution < -0.4 is 0 Å². The Labute approximate surface area is 158 Å². The number of aromatic hydroxyl groups is 6. The molecule has 1 aliphatic heterocycles. The molecule has 1 aliphatic rings. The Morgan fingerprint density at radius 2 is 1.00 bits per heavy atom. The molecule has 0 amide bonds. The van der Waals surface area contributed by atoms with Gasteiger partial charge in [-0.1, -0.05) is 0 Å². The van der Waals surface area contributed by atoms with Gasteiger partial charge in [0.2, 0.25) is 0 Å². The van der Waals surface area contributed by atoms with Gasteiger partial charge in [0.15, 0.2) is 40.3 Å². The topological polar surface area (TPSA) is 138 Å². The Morgan fingerprint density at radius 1 is 0.667 bits per heavy atom. The third kappa shape index (κ3) is 3.80. The molecule has 0 saturated carbocycles. The van der Waals surface area contributed by atoms with Gasteiger partial charge in [-0.3, -0.25) is 4.79 Å². The van der Waals surface area contributed by atoms with Gasteiger partial charge in [-0.05, 0) is 47.5 Å². The number of thioether (sulfide) groups is 1. The molecule has 2 aromatic rings. The van der Waals surface area contributed by atoms with E-state index < -0.39 is 34.5 Å². The first-order valence-electron chi connectivity index (χ1n) is 7.79. The first-order chi connectivity index (χ1) is 12.8. The molecule has 0 unspecified atom stereocenters. The lowest BCUT2D eigenvalue weighted by Gasteiger charge is -2.16. The van der Waals surface area contributed by atoms with Gasteiger partial charge >= 0.3 is 0 Å². The molecule has 0 atom stereocenters. The van der Waals surface area contributed by atoms with Crippen LogP contribution in [0.25, 0.3) is 12.2 Å². The van der Waals surface area contributed by atoms with Gasteiger partial charge in [-0.15, -0.1) is 0 Å². The molecule has 0 aromatic heterocycles. The van der Waals surface area contributed by atoms with Crippen molar-refractivity contribution in [2.24, 2.45) is 0 Å². The van der Waals surface area contributed by atoms with Crippen LogP contribution >= 0.6 is 11.8 Å². The van der Waals surface area contributed by atoms with Crippen LogP contribution in [0.2, 0.25) is 0 Å². The number of carbonyl (C=O) groups excluding carboxylic acids is 1. The van der Waals surface area contributed by atoms with Crippen LogP contribution in [0.4, 0.5) is 0 Å². The first-order valence-corrected chi connectivity index (χ1v) is 8.95. The number of ketones is 1. The number of rotatable bonds is 2. The maximum atomic E-state index is 12.7. The van der Waals surface area contributed by atoms with Crippen LogP contribution in [0.5, 0.6) is 34.5 Å². The lowest BCUT2D eigenvalue weighted by molar-refractivity contribution is -0.112. The van der Waals surface area contributed by atoms with Gasteiger partial charge in [-0.25, -0.2) is 0 Å². The van der Waals surface area contributed by atoms with Crippen molar-refractivity contribution in [1.82, 2.24) is 0 Å². The first kappa shape index (κ1) is 18.5. The normalized spacial score (nSPS) is 17.6. The molecule has 1 fully saturated rings. The van der Waals surface area contributed by atoms with Gasteiger partial charge in [-0.2, -0.15) is 11.8 Å². The fraction of sp³-hybridized carbons (Fsp3) is 0.105. The SMILES string of the molecule is O=C1/C(=C/c2cc(O)c(O)c(O)c2)CSC/C1=C\c1cc(O)c(O)c(O)c1. The summed E-state index contributed by atoms with van der Waals surface area (Å²) in [6, 6.07) is 4.92. The molecule has 27 heavy (non-hydrogen) atoms. The van der Waals surface area contributed by atoms with Gasteiger partial charge in [0, 0.05) is 22.7 Å². The lowest BCUT2D eigenvalue weighted by Crippen LogP contribution is -2.16. The standard InChI is InChI=1S/C19H16O7S/c20-13-3-9(4-14(21)18(13)25)1-11-7-27-8-12(17(11)24)2-10-5-15(22)19(26)16(23)6-10/h1-6,20-23,25-26H,7-8H2/b11-1+,12-2+. The molecule has 0 aliphatic carbocycles. The van der Waals surface area contributed by atoms with E-state index in [1.807, 2.05) is 0 Å². The molecular weight excluding hydrogens is 372 g/mol. The number of benzene rings is 2. The Balaban J connectivity index is 1.94. The number of hydrogen-bond donors (Lipinski definition) is 6. The molecule has 6 N–H and O–H groups in total. The molecule has 0 spiro atoms. The Morgan fingerprint density at radius 3 is 1.33 bits per heavy atom. The zero-order chi connectivity index (χ0) is 19.7. The van der Waals surface area contributed by atoms with E-state index in [2.05, 4.69) is 0 Å². The minimum Gasteiger partial charge on any atom is -0.504 e. The second kappa shape index (κ2) is 7.16. The van der Waals surface area contributed by atoms with Crippen LogP contribution in [0.3, 0.4) is 0 Å². The highest BCUT2D eigenvalue weighted by Gasteiger charge is 2.22. The minimum absolute atomic E-state index is 0.257. The highest BCUT2D eigenvalue weighted by atomic mass is 32.2. The van der Waals surface area contributed by atoms with Gasteiger partial charge in [0.25, 0.3) is 0 Å². The number of Topliss-reactive ketones (excluding diaryl/α,β-unsaturated/α-hetero) is 1. The fourth-order valence-electron chi connectivity index (χ4n) is 2.64. The molecule has 0 radical (unpaired) electrons. The summed E-state index contributed by atoms with van der Waals surface area (Å²) in [5.74, 6) is -2.66. The molecule has 2 aromatic carbocycles. The second-order valence-corrected chi connectivity index (χ2v) is 6.96. The van der Waals surface area contributed by atoms with Crippen molar-refractivity contribution in [3.05, 3.63) is 46.5 Å². The molecule has 1 saturated heterocycles. The summed E-state index contributed by atoms with van der Waals surface area (Å²) in [6.07, 6.45) is 3.01. The van der Waals surface area contributed by atoms with Gasteiger partial charge < -0.3 is 30.6 Å². The Hall–Kier alpha value is -3.26. The van der Waals surface area contributed by atoms with Crippen molar-refractivity contribution in [3.63, 3.8) is 0 Å². The summed E-state index contributed by atoms with van der Waals surface area (Å²) < 4.78 is 0. The summed E-state index contributed by atoms with van der Waals surface area (Å²) in [5.41, 5.74) is 1.56. The summed E-state index contributed by atoms with van der Waals surface area (Å²) in [4.78, 5) is 12.7. The third-order valence-electron chi connectivity index (χ3n) is 3.96. The average Bonchev–Trinajstić information content (AvgIpc) is 2.61. The smallest absolute Gasteiger partial charge is 0.200 e. The minimum atomic E-state index is -0.631. The average molecular weight is 388 g/mol. The van der Waals surface area contributed by atoms with E-state index in [1.165, 1.54) is 48.2 Å². The highest BCUT2D eigenvalue weighted by molar-refractivity contribution is 7.99. The number of phenols is 6. The van der Waals surface area contributed by atoms with Crippen LogP contribution in [-0.2, 0) is 4.79 Å². The van der Waals surface area contributed by atoms with Gasteiger partial charge in [0.05, 0.1) is 0 Å².